The van der Waals surface area contributed by atoms with Crippen LogP contribution in [0.15, 0.2) is 90.5 Å². The second-order valence-corrected chi connectivity index (χ2v) is 17.9. The molecule has 0 aromatic heterocycles. The van der Waals surface area contributed by atoms with Crippen LogP contribution >= 0.6 is 0 Å². The lowest BCUT2D eigenvalue weighted by molar-refractivity contribution is -0.137. The fourth-order valence-electron chi connectivity index (χ4n) is 8.32. The van der Waals surface area contributed by atoms with Crippen molar-refractivity contribution >= 4 is 30.4 Å². The average molecular weight is 581 g/mol. The second kappa shape index (κ2) is 11.8. The van der Waals surface area contributed by atoms with Crippen molar-refractivity contribution in [1.29, 1.82) is 0 Å². The summed E-state index contributed by atoms with van der Waals surface area (Å²) in [5.41, 5.74) is 2.54. The highest BCUT2D eigenvalue weighted by Crippen LogP contribution is 2.58. The lowest BCUT2D eigenvalue weighted by Gasteiger charge is -2.51. The Morgan fingerprint density at radius 3 is 1.90 bits per heavy atom. The van der Waals surface area contributed by atoms with E-state index >= 15 is 0 Å². The van der Waals surface area contributed by atoms with Crippen molar-refractivity contribution in [1.82, 2.24) is 0 Å². The molecule has 4 aliphatic carbocycles. The molecular formula is C37H44O4Si. The summed E-state index contributed by atoms with van der Waals surface area (Å²) < 4.78 is 14.0. The molecule has 4 fully saturated rings. The molecule has 0 amide bonds. The molecule has 0 spiro atoms. The first-order chi connectivity index (χ1) is 20.2. The summed E-state index contributed by atoms with van der Waals surface area (Å²) in [6.45, 7) is 7.32. The fraction of sp³-hybridized carbons (Fsp3) is 0.432. The lowest BCUT2D eigenvalue weighted by atomic mass is 9.54. The number of aliphatic carboxylic acids is 1. The minimum atomic E-state index is -2.78. The van der Waals surface area contributed by atoms with Crippen LogP contribution in [0.3, 0.4) is 0 Å². The van der Waals surface area contributed by atoms with Crippen LogP contribution in [0.2, 0.25) is 5.04 Å². The molecule has 0 unspecified atom stereocenters. The summed E-state index contributed by atoms with van der Waals surface area (Å²) >= 11 is 0. The molecule has 42 heavy (non-hydrogen) atoms. The van der Waals surface area contributed by atoms with Crippen molar-refractivity contribution in [2.75, 3.05) is 6.61 Å². The number of hydrogen-bond donors (Lipinski definition) is 1. The van der Waals surface area contributed by atoms with Gasteiger partial charge in [0, 0.05) is 12.0 Å². The predicted octanol–water partition coefficient (Wildman–Crippen LogP) is 7.67. The van der Waals surface area contributed by atoms with E-state index < -0.39 is 14.3 Å². The molecule has 0 radical (unpaired) electrons. The summed E-state index contributed by atoms with van der Waals surface area (Å²) in [7, 11) is -2.78. The van der Waals surface area contributed by atoms with Gasteiger partial charge in [-0.25, -0.2) is 0 Å². The average Bonchev–Trinajstić information content (AvgIpc) is 2.97. The Hall–Kier alpha value is -3.31. The van der Waals surface area contributed by atoms with Crippen molar-refractivity contribution < 1.29 is 19.1 Å². The van der Waals surface area contributed by atoms with E-state index in [9.17, 15) is 9.90 Å². The van der Waals surface area contributed by atoms with E-state index in [2.05, 4.69) is 106 Å². The summed E-state index contributed by atoms with van der Waals surface area (Å²) in [4.78, 5) is 11.2. The van der Waals surface area contributed by atoms with E-state index in [1.165, 1.54) is 48.1 Å². The highest BCUT2D eigenvalue weighted by Gasteiger charge is 2.52. The Morgan fingerprint density at radius 1 is 0.810 bits per heavy atom. The maximum atomic E-state index is 11.2. The highest BCUT2D eigenvalue weighted by atomic mass is 28.4. The minimum Gasteiger partial charge on any atom is -0.534 e. The van der Waals surface area contributed by atoms with Crippen LogP contribution in [0, 0.1) is 23.7 Å². The maximum absolute atomic E-state index is 11.2. The minimum absolute atomic E-state index is 0.122. The van der Waals surface area contributed by atoms with Crippen LogP contribution in [0.1, 0.15) is 71.3 Å². The van der Waals surface area contributed by atoms with Crippen molar-refractivity contribution in [3.63, 3.8) is 0 Å². The predicted molar refractivity (Wildman–Crippen MR) is 171 cm³/mol. The van der Waals surface area contributed by atoms with Gasteiger partial charge < -0.3 is 14.3 Å². The van der Waals surface area contributed by atoms with Gasteiger partial charge >= 0.3 is 14.3 Å². The van der Waals surface area contributed by atoms with E-state index in [1.54, 1.807) is 0 Å². The highest BCUT2D eigenvalue weighted by molar-refractivity contribution is 7.00. The van der Waals surface area contributed by atoms with Gasteiger partial charge in [-0.2, -0.15) is 0 Å². The molecule has 220 valence electrons. The molecule has 4 bridgehead atoms. The third-order valence-corrected chi connectivity index (χ3v) is 14.8. The van der Waals surface area contributed by atoms with Crippen LogP contribution < -0.4 is 14.8 Å². The number of carboxylic acids is 1. The van der Waals surface area contributed by atoms with Crippen LogP contribution in [-0.2, 0) is 9.53 Å². The van der Waals surface area contributed by atoms with Gasteiger partial charge in [-0.3, -0.25) is 4.79 Å². The largest absolute Gasteiger partial charge is 0.534 e. The quantitative estimate of drug-likeness (QED) is 0.152. The Balaban J connectivity index is 1.42. The van der Waals surface area contributed by atoms with Crippen molar-refractivity contribution in [3.05, 3.63) is 96.1 Å². The van der Waals surface area contributed by atoms with Crippen molar-refractivity contribution in [2.24, 2.45) is 23.7 Å². The molecule has 4 nitrogen and oxygen atoms in total. The van der Waals surface area contributed by atoms with Gasteiger partial charge in [0.25, 0.3) is 0 Å². The molecule has 1 N–H and O–H groups in total. The van der Waals surface area contributed by atoms with Gasteiger partial charge in [0.1, 0.15) is 11.5 Å². The number of carbonyl (C=O) groups is 1. The number of hydrogen-bond acceptors (Lipinski definition) is 3. The molecule has 3 aromatic rings. The monoisotopic (exact) mass is 580 g/mol. The van der Waals surface area contributed by atoms with Crippen molar-refractivity contribution in [2.45, 2.75) is 70.8 Å². The smallest absolute Gasteiger partial charge is 0.319 e. The number of rotatable bonds is 10. The van der Waals surface area contributed by atoms with Crippen molar-refractivity contribution in [3.8, 4) is 5.75 Å². The summed E-state index contributed by atoms with van der Waals surface area (Å²) in [5, 5.41) is 11.6. The first-order valence-corrected chi connectivity index (χ1v) is 17.6. The molecule has 4 aliphatic rings. The third kappa shape index (κ3) is 5.56. The zero-order chi connectivity index (χ0) is 29.3. The van der Waals surface area contributed by atoms with E-state index in [0.717, 1.165) is 28.9 Å². The zero-order valence-electron chi connectivity index (χ0n) is 25.2. The van der Waals surface area contributed by atoms with Gasteiger partial charge in [-0.15, -0.1) is 0 Å². The Kier molecular flexibility index (Phi) is 8.06. The van der Waals surface area contributed by atoms with Gasteiger partial charge in [0.2, 0.25) is 0 Å². The van der Waals surface area contributed by atoms with E-state index in [-0.39, 0.29) is 11.5 Å². The van der Waals surface area contributed by atoms with Gasteiger partial charge in [0.15, 0.2) is 0 Å². The fourth-order valence-corrected chi connectivity index (χ4v) is 12.7. The Bertz CT molecular complexity index is 1350. The number of ether oxygens (including phenoxy) is 1. The first-order valence-electron chi connectivity index (χ1n) is 15.7. The summed E-state index contributed by atoms with van der Waals surface area (Å²) in [6.07, 6.45) is 7.09. The number of benzene rings is 3. The molecule has 5 heteroatoms. The zero-order valence-corrected chi connectivity index (χ0v) is 26.2. The number of allylic oxidation sites excluding steroid dienone is 1. The van der Waals surface area contributed by atoms with Gasteiger partial charge in [0.05, 0.1) is 6.61 Å². The molecular weight excluding hydrogens is 536 g/mol. The van der Waals surface area contributed by atoms with Crippen LogP contribution in [0.25, 0.3) is 5.76 Å². The van der Waals surface area contributed by atoms with E-state index in [4.69, 9.17) is 9.16 Å². The molecule has 4 saturated carbocycles. The first kappa shape index (κ1) is 28.8. The van der Waals surface area contributed by atoms with E-state index in [0.29, 0.717) is 24.9 Å². The Labute approximate surface area is 251 Å². The van der Waals surface area contributed by atoms with Gasteiger partial charge in [-0.05, 0) is 95.3 Å². The summed E-state index contributed by atoms with van der Waals surface area (Å²) in [5.74, 6) is 3.95. The third-order valence-electron chi connectivity index (χ3n) is 9.85. The topological polar surface area (TPSA) is 55.8 Å². The maximum Gasteiger partial charge on any atom is 0.319 e. The standard InChI is InChI=1S/C37H44O4Si/c1-37(2,3)42(32-14-6-4-7-15-32,33-16-8-5-9-17-33)41-31-13-10-12-28(25-31)36(40-19-11-18-34(38)39)35-29-21-26-20-27(23-29)24-30(35)22-26/h4-10,12-17,25-27,29-30H,11,18-24H2,1-3H3,(H,38,39). The molecule has 0 atom stereocenters. The molecule has 0 heterocycles. The van der Waals surface area contributed by atoms with Crippen LogP contribution in [-0.4, -0.2) is 26.0 Å². The second-order valence-electron chi connectivity index (χ2n) is 13.7. The SMILES string of the molecule is CC(C)(C)[Si](Oc1cccc(C(OCCCC(=O)O)=C2C3CC4CC(C3)CC2C4)c1)(c1ccccc1)c1ccccc1. The van der Waals surface area contributed by atoms with Crippen LogP contribution in [0.4, 0.5) is 0 Å². The molecule has 0 aliphatic heterocycles. The molecule has 7 rings (SSSR count). The normalized spacial score (nSPS) is 23.1. The molecule has 0 saturated heterocycles. The Morgan fingerprint density at radius 2 is 1.38 bits per heavy atom. The summed E-state index contributed by atoms with van der Waals surface area (Å²) in [6, 6.07) is 30.0. The van der Waals surface area contributed by atoms with E-state index in [1.807, 2.05) is 0 Å². The van der Waals surface area contributed by atoms with Gasteiger partial charge in [-0.1, -0.05) is 93.6 Å². The molecule has 3 aromatic carbocycles. The van der Waals surface area contributed by atoms with Crippen LogP contribution in [0.5, 0.6) is 5.75 Å². The lowest BCUT2D eigenvalue weighted by Crippen LogP contribution is -2.68. The number of carboxylic acid groups (broad SMARTS) is 1.